The van der Waals surface area contributed by atoms with Crippen LogP contribution in [0.5, 0.6) is 0 Å². The summed E-state index contributed by atoms with van der Waals surface area (Å²) in [7, 11) is 0. The van der Waals surface area contributed by atoms with Gasteiger partial charge in [0.05, 0.1) is 0 Å². The fraction of sp³-hybridized carbons (Fsp3) is 0.235. The molecule has 0 N–H and O–H groups in total. The molecule has 1 nitrogen and oxygen atoms in total. The first-order chi connectivity index (χ1) is 9.31. The van der Waals surface area contributed by atoms with Gasteiger partial charge >= 0.3 is 0 Å². The van der Waals surface area contributed by atoms with E-state index < -0.39 is 0 Å². The van der Waals surface area contributed by atoms with Gasteiger partial charge in [-0.25, -0.2) is 0 Å². The van der Waals surface area contributed by atoms with Gasteiger partial charge in [-0.1, -0.05) is 23.2 Å². The predicted molar refractivity (Wildman–Crippen MR) is 85.3 cm³/mol. The van der Waals surface area contributed by atoms with E-state index in [2.05, 4.69) is 0 Å². The Bertz CT molecular complexity index is 597. The first kappa shape index (κ1) is 15.1. The van der Waals surface area contributed by atoms with Crippen molar-refractivity contribution in [3.8, 4) is 0 Å². The first-order valence-electron chi connectivity index (χ1n) is 6.39. The Hall–Kier alpha value is -1.31. The number of rotatable bonds is 2. The molecule has 0 atom stereocenters. The maximum absolute atomic E-state index is 12.6. The maximum Gasteiger partial charge on any atom is 0.193 e. The van der Waals surface area contributed by atoms with Crippen LogP contribution in [0, 0.1) is 27.7 Å². The summed E-state index contributed by atoms with van der Waals surface area (Å²) in [6.45, 7) is 7.63. The SMILES string of the molecule is Cc1cc(C(=O)c2cc(C)c(Cl)c(C)c2)cc(C)c1Cl. The van der Waals surface area contributed by atoms with Gasteiger partial charge in [-0.3, -0.25) is 4.79 Å². The van der Waals surface area contributed by atoms with E-state index in [1.165, 1.54) is 0 Å². The summed E-state index contributed by atoms with van der Waals surface area (Å²) >= 11 is 12.3. The van der Waals surface area contributed by atoms with E-state index in [0.29, 0.717) is 21.2 Å². The normalized spacial score (nSPS) is 10.7. The molecular formula is C17H16Cl2O. The van der Waals surface area contributed by atoms with E-state index in [0.717, 1.165) is 22.3 Å². The molecule has 0 saturated heterocycles. The number of halogens is 2. The second-order valence-electron chi connectivity index (χ2n) is 5.18. The van der Waals surface area contributed by atoms with Crippen LogP contribution in [0.15, 0.2) is 24.3 Å². The third kappa shape index (κ3) is 2.74. The van der Waals surface area contributed by atoms with Gasteiger partial charge in [0.25, 0.3) is 0 Å². The highest BCUT2D eigenvalue weighted by molar-refractivity contribution is 6.32. The molecule has 2 aromatic carbocycles. The van der Waals surface area contributed by atoms with E-state index >= 15 is 0 Å². The number of hydrogen-bond acceptors (Lipinski definition) is 1. The van der Waals surface area contributed by atoms with Crippen LogP contribution in [-0.2, 0) is 0 Å². The lowest BCUT2D eigenvalue weighted by Gasteiger charge is -2.10. The lowest BCUT2D eigenvalue weighted by molar-refractivity contribution is 0.103. The molecule has 0 aromatic heterocycles. The molecule has 20 heavy (non-hydrogen) atoms. The summed E-state index contributed by atoms with van der Waals surface area (Å²) in [5.41, 5.74) is 4.97. The number of benzene rings is 2. The van der Waals surface area contributed by atoms with Crippen LogP contribution in [-0.4, -0.2) is 5.78 Å². The van der Waals surface area contributed by atoms with Crippen LogP contribution in [0.25, 0.3) is 0 Å². The minimum absolute atomic E-state index is 0.00395. The highest BCUT2D eigenvalue weighted by Gasteiger charge is 2.14. The number of ketones is 1. The number of carbonyl (C=O) groups is 1. The molecule has 0 amide bonds. The minimum atomic E-state index is -0.00395. The summed E-state index contributed by atoms with van der Waals surface area (Å²) in [6.07, 6.45) is 0. The van der Waals surface area contributed by atoms with E-state index in [1.54, 1.807) is 0 Å². The topological polar surface area (TPSA) is 17.1 Å². The van der Waals surface area contributed by atoms with Gasteiger partial charge in [0, 0.05) is 21.2 Å². The summed E-state index contributed by atoms with van der Waals surface area (Å²) in [4.78, 5) is 12.6. The molecule has 0 bridgehead atoms. The molecule has 0 radical (unpaired) electrons. The van der Waals surface area contributed by atoms with Gasteiger partial charge in [0.2, 0.25) is 0 Å². The third-order valence-corrected chi connectivity index (χ3v) is 4.59. The zero-order valence-electron chi connectivity index (χ0n) is 12.0. The monoisotopic (exact) mass is 306 g/mol. The van der Waals surface area contributed by atoms with Crippen LogP contribution in [0.3, 0.4) is 0 Å². The number of aryl methyl sites for hydroxylation is 4. The molecular weight excluding hydrogens is 291 g/mol. The Morgan fingerprint density at radius 2 is 0.950 bits per heavy atom. The molecule has 2 rings (SSSR count). The molecule has 0 saturated carbocycles. The quantitative estimate of drug-likeness (QED) is 0.673. The fourth-order valence-electron chi connectivity index (χ4n) is 2.32. The molecule has 0 aliphatic carbocycles. The highest BCUT2D eigenvalue weighted by Crippen LogP contribution is 2.26. The van der Waals surface area contributed by atoms with Crippen molar-refractivity contribution in [1.29, 1.82) is 0 Å². The van der Waals surface area contributed by atoms with Gasteiger partial charge in [-0.15, -0.1) is 0 Å². The Balaban J connectivity index is 2.52. The Morgan fingerprint density at radius 3 is 1.20 bits per heavy atom. The van der Waals surface area contributed by atoms with Crippen molar-refractivity contribution in [2.45, 2.75) is 27.7 Å². The van der Waals surface area contributed by atoms with E-state index in [9.17, 15) is 4.79 Å². The summed E-state index contributed by atoms with van der Waals surface area (Å²) in [5, 5.41) is 1.43. The van der Waals surface area contributed by atoms with Crippen molar-refractivity contribution in [2.24, 2.45) is 0 Å². The van der Waals surface area contributed by atoms with Crippen molar-refractivity contribution in [2.75, 3.05) is 0 Å². The van der Waals surface area contributed by atoms with Crippen LogP contribution < -0.4 is 0 Å². The number of carbonyl (C=O) groups excluding carboxylic acids is 1. The zero-order valence-corrected chi connectivity index (χ0v) is 13.5. The van der Waals surface area contributed by atoms with Gasteiger partial charge in [0.1, 0.15) is 0 Å². The van der Waals surface area contributed by atoms with Crippen molar-refractivity contribution in [3.63, 3.8) is 0 Å². The average molecular weight is 307 g/mol. The van der Waals surface area contributed by atoms with Gasteiger partial charge in [0.15, 0.2) is 5.78 Å². The molecule has 0 aliphatic rings. The van der Waals surface area contributed by atoms with Crippen molar-refractivity contribution >= 4 is 29.0 Å². The largest absolute Gasteiger partial charge is 0.289 e. The average Bonchev–Trinajstić information content (AvgIpc) is 2.40. The van der Waals surface area contributed by atoms with Gasteiger partial charge in [-0.05, 0) is 74.2 Å². The number of hydrogen-bond donors (Lipinski definition) is 0. The maximum atomic E-state index is 12.6. The van der Waals surface area contributed by atoms with E-state index in [4.69, 9.17) is 23.2 Å². The van der Waals surface area contributed by atoms with Crippen LogP contribution in [0.4, 0.5) is 0 Å². The molecule has 3 heteroatoms. The van der Waals surface area contributed by atoms with Crippen molar-refractivity contribution < 1.29 is 4.79 Å². The predicted octanol–water partition coefficient (Wildman–Crippen LogP) is 5.46. The Kier molecular flexibility index (Phi) is 4.22. The lowest BCUT2D eigenvalue weighted by atomic mass is 9.97. The Labute approximate surface area is 129 Å². The second-order valence-corrected chi connectivity index (χ2v) is 5.93. The minimum Gasteiger partial charge on any atom is -0.289 e. The molecule has 0 unspecified atom stereocenters. The summed E-state index contributed by atoms with van der Waals surface area (Å²) in [5.74, 6) is -0.00395. The molecule has 2 aromatic rings. The smallest absolute Gasteiger partial charge is 0.193 e. The van der Waals surface area contributed by atoms with Crippen molar-refractivity contribution in [1.82, 2.24) is 0 Å². The molecule has 0 fully saturated rings. The summed E-state index contributed by atoms with van der Waals surface area (Å²) < 4.78 is 0. The molecule has 0 spiro atoms. The van der Waals surface area contributed by atoms with Crippen LogP contribution in [0.2, 0.25) is 10.0 Å². The van der Waals surface area contributed by atoms with Gasteiger partial charge < -0.3 is 0 Å². The first-order valence-corrected chi connectivity index (χ1v) is 7.15. The fourth-order valence-corrected chi connectivity index (χ4v) is 2.54. The van der Waals surface area contributed by atoms with E-state index in [1.807, 2.05) is 52.0 Å². The standard InChI is InChI=1S/C17H16Cl2O/c1-9-5-13(6-10(2)15(9)18)17(20)14-7-11(3)16(19)12(4)8-14/h5-8H,1-4H3. The molecule has 0 heterocycles. The molecule has 104 valence electrons. The summed E-state index contributed by atoms with van der Waals surface area (Å²) in [6, 6.07) is 7.32. The lowest BCUT2D eigenvalue weighted by Crippen LogP contribution is -2.04. The van der Waals surface area contributed by atoms with Crippen LogP contribution in [0.1, 0.15) is 38.2 Å². The van der Waals surface area contributed by atoms with Crippen LogP contribution >= 0.6 is 23.2 Å². The second kappa shape index (κ2) is 5.59. The van der Waals surface area contributed by atoms with Gasteiger partial charge in [-0.2, -0.15) is 0 Å². The Morgan fingerprint density at radius 1 is 0.700 bits per heavy atom. The van der Waals surface area contributed by atoms with E-state index in [-0.39, 0.29) is 5.78 Å². The third-order valence-electron chi connectivity index (χ3n) is 3.40. The molecule has 0 aliphatic heterocycles. The highest BCUT2D eigenvalue weighted by atomic mass is 35.5. The zero-order chi connectivity index (χ0) is 15.0. The van der Waals surface area contributed by atoms with Crippen molar-refractivity contribution in [3.05, 3.63) is 67.7 Å².